The second-order valence-corrected chi connectivity index (χ2v) is 12.9. The van der Waals surface area contributed by atoms with Gasteiger partial charge in [-0.25, -0.2) is 9.98 Å². The average Bonchev–Trinajstić information content (AvgIpc) is 3.65. The first-order valence-electron chi connectivity index (χ1n) is 16.3. The van der Waals surface area contributed by atoms with E-state index in [9.17, 15) is 13.2 Å². The van der Waals surface area contributed by atoms with Crippen LogP contribution in [0.5, 0.6) is 5.88 Å². The molecular formula is C34H44F3N7O. The summed E-state index contributed by atoms with van der Waals surface area (Å²) in [6, 6.07) is 5.99. The normalized spacial score (nSPS) is 22.3. The van der Waals surface area contributed by atoms with E-state index in [1.165, 1.54) is 6.42 Å². The van der Waals surface area contributed by atoms with Crippen LogP contribution >= 0.6 is 0 Å². The predicted molar refractivity (Wildman–Crippen MR) is 170 cm³/mol. The van der Waals surface area contributed by atoms with Gasteiger partial charge >= 0.3 is 6.18 Å². The fraction of sp³-hybridized carbons (Fsp3) is 0.559. The molecule has 8 nitrogen and oxygen atoms in total. The lowest BCUT2D eigenvalue weighted by Crippen LogP contribution is -2.50. The van der Waals surface area contributed by atoms with Gasteiger partial charge in [-0.2, -0.15) is 18.3 Å². The van der Waals surface area contributed by atoms with Crippen LogP contribution in [0, 0.1) is 5.92 Å². The van der Waals surface area contributed by atoms with Crippen molar-refractivity contribution in [2.45, 2.75) is 102 Å². The molecule has 1 aliphatic heterocycles. The molecule has 1 atom stereocenters. The number of aliphatic imine (C=N–C) groups is 1. The lowest BCUT2D eigenvalue weighted by atomic mass is 9.84. The highest BCUT2D eigenvalue weighted by molar-refractivity contribution is 5.83. The Labute approximate surface area is 263 Å². The fourth-order valence-electron chi connectivity index (χ4n) is 6.21. The molecule has 1 unspecified atom stereocenters. The number of rotatable bonds is 12. The van der Waals surface area contributed by atoms with Gasteiger partial charge in [0.05, 0.1) is 12.2 Å². The number of ether oxygens (including phenoxy) is 1. The number of H-pyrrole nitrogens is 1. The van der Waals surface area contributed by atoms with Crippen LogP contribution in [0.15, 0.2) is 48.4 Å². The van der Waals surface area contributed by atoms with Crippen LogP contribution in [0.3, 0.4) is 0 Å². The molecule has 242 valence electrons. The third-order valence-electron chi connectivity index (χ3n) is 9.70. The molecule has 45 heavy (non-hydrogen) atoms. The van der Waals surface area contributed by atoms with Crippen molar-refractivity contribution in [2.24, 2.45) is 10.9 Å². The summed E-state index contributed by atoms with van der Waals surface area (Å²) in [4.78, 5) is 14.2. The molecule has 1 saturated heterocycles. The Morgan fingerprint density at radius 1 is 1.20 bits per heavy atom. The lowest BCUT2D eigenvalue weighted by molar-refractivity contribution is -0.141. The van der Waals surface area contributed by atoms with Crippen LogP contribution in [0.2, 0.25) is 0 Å². The van der Waals surface area contributed by atoms with Crippen molar-refractivity contribution in [3.05, 3.63) is 65.8 Å². The van der Waals surface area contributed by atoms with E-state index in [-0.39, 0.29) is 12.0 Å². The first-order chi connectivity index (χ1) is 21.7. The number of aromatic nitrogens is 4. The van der Waals surface area contributed by atoms with Crippen molar-refractivity contribution in [1.82, 2.24) is 30.0 Å². The van der Waals surface area contributed by atoms with Crippen molar-refractivity contribution < 1.29 is 17.9 Å². The Balaban J connectivity index is 0.990. The third-order valence-corrected chi connectivity index (χ3v) is 9.70. The van der Waals surface area contributed by atoms with E-state index < -0.39 is 11.9 Å². The Morgan fingerprint density at radius 3 is 2.67 bits per heavy atom. The maximum absolute atomic E-state index is 13.6. The summed E-state index contributed by atoms with van der Waals surface area (Å²) in [5.41, 5.74) is 2.53. The van der Waals surface area contributed by atoms with E-state index in [2.05, 4.69) is 61.6 Å². The van der Waals surface area contributed by atoms with Gasteiger partial charge in [-0.3, -0.25) is 9.58 Å². The molecule has 0 bridgehead atoms. The summed E-state index contributed by atoms with van der Waals surface area (Å²) in [7, 11) is 0. The molecule has 0 radical (unpaired) electrons. The smallest absolute Gasteiger partial charge is 0.433 e. The van der Waals surface area contributed by atoms with Crippen LogP contribution in [-0.4, -0.2) is 62.1 Å². The highest BCUT2D eigenvalue weighted by Crippen LogP contribution is 2.38. The SMILES string of the molecule is C=C(c1cnn(C2CC(N3CCC(Oc4cc(CNC5CCC5)cc(C(F)(F)F)n4)CC3)C2)c1)c1cc[nH]c1N=CC(C)CC. The molecule has 2 N–H and O–H groups in total. The standard InChI is InChI=1S/C34H44F3N7O/c1-4-22(2)18-40-33-30(8-11-38-33)23(3)25-20-41-44(21-25)28-16-27(17-28)43-12-9-29(10-13-43)45-32-15-24(19-39-26-6-5-7-26)14-31(42-32)34(35,36)37/h8,11,14-15,18,20-22,26-29,38-39H,3-7,9-10,12-13,16-17,19H2,1-2H3. The molecular weight excluding hydrogens is 579 g/mol. The van der Waals surface area contributed by atoms with Crippen LogP contribution in [0.4, 0.5) is 19.0 Å². The summed E-state index contributed by atoms with van der Waals surface area (Å²) < 4.78 is 48.8. The van der Waals surface area contributed by atoms with Gasteiger partial charge in [0.1, 0.15) is 17.6 Å². The van der Waals surface area contributed by atoms with Crippen molar-refractivity contribution >= 4 is 17.6 Å². The number of halogens is 3. The molecule has 2 saturated carbocycles. The highest BCUT2D eigenvalue weighted by atomic mass is 19.4. The predicted octanol–water partition coefficient (Wildman–Crippen LogP) is 7.32. The third kappa shape index (κ3) is 7.52. The van der Waals surface area contributed by atoms with Gasteiger partial charge in [-0.05, 0) is 74.1 Å². The molecule has 6 rings (SSSR count). The van der Waals surface area contributed by atoms with E-state index in [0.717, 1.165) is 86.6 Å². The number of alkyl halides is 3. The summed E-state index contributed by atoms with van der Waals surface area (Å²) >= 11 is 0. The molecule has 3 aromatic heterocycles. The van der Waals surface area contributed by atoms with E-state index in [1.807, 2.05) is 24.7 Å². The number of nitrogens with one attached hydrogen (secondary N) is 2. The largest absolute Gasteiger partial charge is 0.474 e. The number of pyridine rings is 1. The Hall–Kier alpha value is -3.44. The van der Waals surface area contributed by atoms with Gasteiger partial charge in [-0.15, -0.1) is 0 Å². The minimum Gasteiger partial charge on any atom is -0.474 e. The van der Waals surface area contributed by atoms with Crippen molar-refractivity contribution in [2.75, 3.05) is 13.1 Å². The summed E-state index contributed by atoms with van der Waals surface area (Å²) in [5.74, 6) is 1.29. The zero-order chi connectivity index (χ0) is 31.6. The second-order valence-electron chi connectivity index (χ2n) is 12.9. The fourth-order valence-corrected chi connectivity index (χ4v) is 6.21. The summed E-state index contributed by atoms with van der Waals surface area (Å²) in [5, 5.41) is 8.01. The first-order valence-corrected chi connectivity index (χ1v) is 16.3. The van der Waals surface area contributed by atoms with E-state index >= 15 is 0 Å². The minimum absolute atomic E-state index is 0.0718. The van der Waals surface area contributed by atoms with Gasteiger partial charge in [0.25, 0.3) is 0 Å². The molecule has 3 aliphatic rings. The molecule has 3 aromatic rings. The number of nitrogens with zero attached hydrogens (tertiary/aromatic N) is 5. The summed E-state index contributed by atoms with van der Waals surface area (Å²) in [6.45, 7) is 10.7. The van der Waals surface area contributed by atoms with Crippen LogP contribution in [0.1, 0.15) is 93.6 Å². The number of piperidine rings is 1. The monoisotopic (exact) mass is 623 g/mol. The Morgan fingerprint density at radius 2 is 1.98 bits per heavy atom. The van der Waals surface area contributed by atoms with Crippen molar-refractivity contribution in [3.8, 4) is 5.88 Å². The maximum atomic E-state index is 13.6. The van der Waals surface area contributed by atoms with Crippen molar-refractivity contribution in [1.29, 1.82) is 0 Å². The molecule has 0 amide bonds. The number of hydrogen-bond acceptors (Lipinski definition) is 6. The van der Waals surface area contributed by atoms with Crippen LogP contribution < -0.4 is 10.1 Å². The van der Waals surface area contributed by atoms with Gasteiger partial charge < -0.3 is 15.0 Å². The topological polar surface area (TPSA) is 83.4 Å². The average molecular weight is 624 g/mol. The minimum atomic E-state index is -4.51. The number of likely N-dealkylation sites (tertiary alicyclic amines) is 1. The zero-order valence-electron chi connectivity index (χ0n) is 26.2. The van der Waals surface area contributed by atoms with Gasteiger partial charge in [-0.1, -0.05) is 26.8 Å². The van der Waals surface area contributed by atoms with Gasteiger partial charge in [0.15, 0.2) is 0 Å². The number of aromatic amines is 1. The molecule has 3 fully saturated rings. The molecule has 11 heteroatoms. The highest BCUT2D eigenvalue weighted by Gasteiger charge is 2.38. The maximum Gasteiger partial charge on any atom is 0.433 e. The van der Waals surface area contributed by atoms with E-state index in [1.54, 1.807) is 6.07 Å². The van der Waals surface area contributed by atoms with Gasteiger partial charge in [0, 0.05) is 67.5 Å². The Bertz CT molecular complexity index is 1480. The quantitative estimate of drug-likeness (QED) is 0.207. The molecule has 0 aromatic carbocycles. The second kappa shape index (κ2) is 13.5. The van der Waals surface area contributed by atoms with Crippen LogP contribution in [0.25, 0.3) is 5.57 Å². The van der Waals surface area contributed by atoms with E-state index in [4.69, 9.17) is 4.74 Å². The lowest BCUT2D eigenvalue weighted by Gasteiger charge is -2.45. The zero-order valence-corrected chi connectivity index (χ0v) is 26.2. The van der Waals surface area contributed by atoms with Crippen LogP contribution in [-0.2, 0) is 12.7 Å². The van der Waals surface area contributed by atoms with Crippen molar-refractivity contribution in [3.63, 3.8) is 0 Å². The Kier molecular flexibility index (Phi) is 9.46. The first kappa shape index (κ1) is 31.5. The molecule has 4 heterocycles. The van der Waals surface area contributed by atoms with Gasteiger partial charge in [0.2, 0.25) is 5.88 Å². The number of hydrogen-bond donors (Lipinski definition) is 2. The molecule has 0 spiro atoms. The summed E-state index contributed by atoms with van der Waals surface area (Å²) in [6.07, 6.45) is 11.1. The molecule has 2 aliphatic carbocycles. The van der Waals surface area contributed by atoms with E-state index in [0.29, 0.717) is 36.2 Å².